The molecular weight excluding hydrogens is 497 g/mol. The highest BCUT2D eigenvalue weighted by molar-refractivity contribution is 7.92. The number of carbonyl (C=O) groups is 2. The highest BCUT2D eigenvalue weighted by atomic mass is 35.5. The van der Waals surface area contributed by atoms with Gasteiger partial charge in [-0.1, -0.05) is 36.7 Å². The van der Waals surface area contributed by atoms with Gasteiger partial charge in [0.15, 0.2) is 0 Å². The van der Waals surface area contributed by atoms with Crippen molar-refractivity contribution in [1.82, 2.24) is 10.2 Å². The molecule has 2 aromatic rings. The number of nitrogens with one attached hydrogen (secondary N) is 1. The van der Waals surface area contributed by atoms with Crippen LogP contribution >= 0.6 is 11.6 Å². The average molecular weight is 528 g/mol. The minimum absolute atomic E-state index is 0.135. The summed E-state index contributed by atoms with van der Waals surface area (Å²) in [7, 11) is -2.50. The van der Waals surface area contributed by atoms with Gasteiger partial charge >= 0.3 is 0 Å². The van der Waals surface area contributed by atoms with Gasteiger partial charge in [-0.15, -0.1) is 0 Å². The van der Waals surface area contributed by atoms with E-state index in [1.54, 1.807) is 6.07 Å². The second-order valence-corrected chi connectivity index (χ2v) is 10.5. The zero-order chi connectivity index (χ0) is 26.3. The molecule has 0 aliphatic rings. The summed E-state index contributed by atoms with van der Waals surface area (Å²) in [6.07, 6.45) is 1.64. The third-order valence-electron chi connectivity index (χ3n) is 5.57. The molecule has 2 rings (SSSR count). The molecule has 0 saturated heterocycles. The Kier molecular flexibility index (Phi) is 9.91. The molecule has 0 bridgehead atoms. The number of benzene rings is 2. The molecule has 35 heavy (non-hydrogen) atoms. The Bertz CT molecular complexity index is 1160. The molecule has 2 aromatic carbocycles. The molecule has 0 radical (unpaired) electrons. The fraction of sp³-hybridized carbons (Fsp3) is 0.417. The molecule has 0 spiro atoms. The quantitative estimate of drug-likeness (QED) is 0.482. The molecule has 8 nitrogen and oxygen atoms in total. The number of hydrogen-bond donors (Lipinski definition) is 1. The van der Waals surface area contributed by atoms with Crippen LogP contribution in [-0.4, -0.2) is 57.1 Å². The number of halogens is 2. The molecule has 2 atom stereocenters. The highest BCUT2D eigenvalue weighted by Crippen LogP contribution is 2.30. The van der Waals surface area contributed by atoms with Gasteiger partial charge < -0.3 is 15.0 Å². The lowest BCUT2D eigenvalue weighted by Gasteiger charge is -2.32. The second kappa shape index (κ2) is 12.2. The smallest absolute Gasteiger partial charge is 0.244 e. The van der Waals surface area contributed by atoms with Crippen molar-refractivity contribution in [3.8, 4) is 5.75 Å². The zero-order valence-corrected chi connectivity index (χ0v) is 22.0. The van der Waals surface area contributed by atoms with E-state index in [-0.39, 0.29) is 28.9 Å². The van der Waals surface area contributed by atoms with Crippen molar-refractivity contribution < 1.29 is 27.1 Å². The third kappa shape index (κ3) is 7.57. The summed E-state index contributed by atoms with van der Waals surface area (Å²) in [5, 5.41) is 2.97. The van der Waals surface area contributed by atoms with Gasteiger partial charge in [-0.25, -0.2) is 12.8 Å². The van der Waals surface area contributed by atoms with Gasteiger partial charge in [0, 0.05) is 18.2 Å². The Hall–Kier alpha value is -2.85. The van der Waals surface area contributed by atoms with E-state index >= 15 is 0 Å². The van der Waals surface area contributed by atoms with E-state index < -0.39 is 40.2 Å². The Morgan fingerprint density at radius 2 is 1.83 bits per heavy atom. The largest absolute Gasteiger partial charge is 0.495 e. The molecule has 0 aliphatic heterocycles. The summed E-state index contributed by atoms with van der Waals surface area (Å²) in [4.78, 5) is 27.5. The van der Waals surface area contributed by atoms with Crippen molar-refractivity contribution >= 4 is 39.1 Å². The monoisotopic (exact) mass is 527 g/mol. The standard InChI is InChI=1S/C24H31ClFN3O5S/c1-6-16(2)27-24(31)17(3)28(14-18-9-7-8-10-21(18)26)23(30)15-29(35(5,32)33)19-11-12-22(34-4)20(25)13-19/h7-13,16-17H,6,14-15H2,1-5H3,(H,27,31). The van der Waals surface area contributed by atoms with Crippen LogP contribution in [0.5, 0.6) is 5.75 Å². The fourth-order valence-electron chi connectivity index (χ4n) is 3.28. The van der Waals surface area contributed by atoms with E-state index in [2.05, 4.69) is 5.32 Å². The van der Waals surface area contributed by atoms with Gasteiger partial charge in [0.1, 0.15) is 24.2 Å². The van der Waals surface area contributed by atoms with Gasteiger partial charge in [0.25, 0.3) is 0 Å². The van der Waals surface area contributed by atoms with Crippen molar-refractivity contribution in [3.63, 3.8) is 0 Å². The van der Waals surface area contributed by atoms with Crippen LogP contribution in [0.4, 0.5) is 10.1 Å². The molecule has 0 heterocycles. The fourth-order valence-corrected chi connectivity index (χ4v) is 4.38. The predicted octanol–water partition coefficient (Wildman–Crippen LogP) is 3.59. The summed E-state index contributed by atoms with van der Waals surface area (Å²) in [6, 6.07) is 9.08. The molecule has 0 fully saturated rings. The first-order chi connectivity index (χ1) is 16.4. The molecule has 192 valence electrons. The number of rotatable bonds is 11. The Morgan fingerprint density at radius 1 is 1.17 bits per heavy atom. The van der Waals surface area contributed by atoms with Crippen molar-refractivity contribution in [3.05, 3.63) is 58.9 Å². The molecule has 11 heteroatoms. The van der Waals surface area contributed by atoms with E-state index in [4.69, 9.17) is 16.3 Å². The maximum absolute atomic E-state index is 14.4. The summed E-state index contributed by atoms with van der Waals surface area (Å²) in [5.41, 5.74) is 0.344. The molecule has 0 aromatic heterocycles. The Labute approximate surface area is 211 Å². The van der Waals surface area contributed by atoms with Crippen molar-refractivity contribution in [2.45, 2.75) is 45.8 Å². The number of ether oxygens (including phenoxy) is 1. The summed E-state index contributed by atoms with van der Waals surface area (Å²) in [5.74, 6) is -1.31. The van der Waals surface area contributed by atoms with Crippen molar-refractivity contribution in [1.29, 1.82) is 0 Å². The van der Waals surface area contributed by atoms with E-state index in [1.165, 1.54) is 55.3 Å². The lowest BCUT2D eigenvalue weighted by molar-refractivity contribution is -0.139. The second-order valence-electron chi connectivity index (χ2n) is 8.20. The molecule has 1 N–H and O–H groups in total. The number of amides is 2. The zero-order valence-electron chi connectivity index (χ0n) is 20.4. The maximum Gasteiger partial charge on any atom is 0.244 e. The van der Waals surface area contributed by atoms with Crippen LogP contribution in [0.1, 0.15) is 32.8 Å². The number of methoxy groups -OCH3 is 1. The van der Waals surface area contributed by atoms with Gasteiger partial charge in [-0.3, -0.25) is 13.9 Å². The maximum atomic E-state index is 14.4. The summed E-state index contributed by atoms with van der Waals surface area (Å²) in [6.45, 7) is 4.41. The molecule has 2 unspecified atom stereocenters. The SMILES string of the molecule is CCC(C)NC(=O)C(C)N(Cc1ccccc1F)C(=O)CN(c1ccc(OC)c(Cl)c1)S(C)(=O)=O. The van der Waals surface area contributed by atoms with E-state index in [1.807, 2.05) is 13.8 Å². The first-order valence-corrected chi connectivity index (χ1v) is 13.3. The lowest BCUT2D eigenvalue weighted by Crippen LogP contribution is -2.52. The van der Waals surface area contributed by atoms with Crippen LogP contribution in [0.15, 0.2) is 42.5 Å². The predicted molar refractivity (Wildman–Crippen MR) is 135 cm³/mol. The van der Waals surface area contributed by atoms with Crippen molar-refractivity contribution in [2.24, 2.45) is 0 Å². The van der Waals surface area contributed by atoms with Crippen molar-refractivity contribution in [2.75, 3.05) is 24.2 Å². The molecule has 0 saturated carbocycles. The topological polar surface area (TPSA) is 96.0 Å². The first-order valence-electron chi connectivity index (χ1n) is 11.0. The van der Waals surface area contributed by atoms with Crippen LogP contribution in [0, 0.1) is 5.82 Å². The lowest BCUT2D eigenvalue weighted by atomic mass is 10.1. The highest BCUT2D eigenvalue weighted by Gasteiger charge is 2.31. The van der Waals surface area contributed by atoms with E-state index in [9.17, 15) is 22.4 Å². The number of carbonyl (C=O) groups excluding carboxylic acids is 2. The number of nitrogens with zero attached hydrogens (tertiary/aromatic N) is 2. The summed E-state index contributed by atoms with van der Waals surface area (Å²) < 4.78 is 45.6. The van der Waals surface area contributed by atoms with E-state index in [0.29, 0.717) is 12.2 Å². The Balaban J connectivity index is 2.43. The van der Waals surface area contributed by atoms with Crippen LogP contribution in [-0.2, 0) is 26.2 Å². The van der Waals surface area contributed by atoms with E-state index in [0.717, 1.165) is 10.6 Å². The van der Waals surface area contributed by atoms with Crippen LogP contribution in [0.2, 0.25) is 5.02 Å². The van der Waals surface area contributed by atoms with Crippen LogP contribution < -0.4 is 14.4 Å². The molecule has 0 aliphatic carbocycles. The summed E-state index contributed by atoms with van der Waals surface area (Å²) >= 11 is 6.17. The third-order valence-corrected chi connectivity index (χ3v) is 7.01. The molecule has 2 amide bonds. The normalized spacial score (nSPS) is 13.0. The minimum Gasteiger partial charge on any atom is -0.495 e. The van der Waals surface area contributed by atoms with Gasteiger partial charge in [-0.05, 0) is 44.5 Å². The van der Waals surface area contributed by atoms with Gasteiger partial charge in [-0.2, -0.15) is 0 Å². The number of anilines is 1. The number of hydrogen-bond acceptors (Lipinski definition) is 5. The average Bonchev–Trinajstić information content (AvgIpc) is 2.80. The van der Waals surface area contributed by atoms with Gasteiger partial charge in [0.2, 0.25) is 21.8 Å². The number of sulfonamides is 1. The minimum atomic E-state index is -3.92. The molecular formula is C24H31ClFN3O5S. The first kappa shape index (κ1) is 28.4. The Morgan fingerprint density at radius 3 is 2.37 bits per heavy atom. The van der Waals surface area contributed by atoms with Gasteiger partial charge in [0.05, 0.1) is 24.1 Å². The van der Waals surface area contributed by atoms with Crippen LogP contribution in [0.25, 0.3) is 0 Å². The van der Waals surface area contributed by atoms with Crippen LogP contribution in [0.3, 0.4) is 0 Å².